The van der Waals surface area contributed by atoms with Crippen LogP contribution in [0.5, 0.6) is 5.75 Å². The van der Waals surface area contributed by atoms with Crippen molar-refractivity contribution in [1.82, 2.24) is 10.3 Å². The van der Waals surface area contributed by atoms with Crippen molar-refractivity contribution >= 4 is 10.9 Å². The molecule has 0 saturated carbocycles. The van der Waals surface area contributed by atoms with Crippen molar-refractivity contribution in [3.8, 4) is 5.75 Å². The third-order valence-corrected chi connectivity index (χ3v) is 2.83. The molecular formula is C13H18N2O. The largest absolute Gasteiger partial charge is 0.508 e. The second-order valence-electron chi connectivity index (χ2n) is 4.14. The summed E-state index contributed by atoms with van der Waals surface area (Å²) in [5, 5.41) is 14.0. The van der Waals surface area contributed by atoms with Crippen molar-refractivity contribution < 1.29 is 5.11 Å². The lowest BCUT2D eigenvalue weighted by atomic mass is 10.1. The molecule has 2 aromatic rings. The number of hydrogen-bond donors (Lipinski definition) is 3. The second kappa shape index (κ2) is 4.58. The van der Waals surface area contributed by atoms with Gasteiger partial charge in [-0.1, -0.05) is 6.92 Å². The van der Waals surface area contributed by atoms with E-state index in [9.17, 15) is 5.11 Å². The third kappa shape index (κ3) is 2.04. The van der Waals surface area contributed by atoms with Crippen LogP contribution in [0.25, 0.3) is 10.9 Å². The molecule has 1 heterocycles. The van der Waals surface area contributed by atoms with Crippen LogP contribution < -0.4 is 5.32 Å². The maximum absolute atomic E-state index is 9.50. The van der Waals surface area contributed by atoms with Gasteiger partial charge < -0.3 is 15.4 Å². The Kier molecular flexibility index (Phi) is 3.15. The van der Waals surface area contributed by atoms with E-state index in [-0.39, 0.29) is 0 Å². The number of aromatic amines is 1. The average molecular weight is 218 g/mol. The predicted molar refractivity (Wildman–Crippen MR) is 66.7 cm³/mol. The van der Waals surface area contributed by atoms with Gasteiger partial charge in [0, 0.05) is 23.1 Å². The molecule has 0 spiro atoms. The fraction of sp³-hybridized carbons (Fsp3) is 0.385. The highest BCUT2D eigenvalue weighted by Gasteiger charge is 2.08. The van der Waals surface area contributed by atoms with Crippen LogP contribution in [0.3, 0.4) is 0 Å². The molecule has 1 aromatic carbocycles. The minimum Gasteiger partial charge on any atom is -0.508 e. The number of benzene rings is 1. The first-order valence-corrected chi connectivity index (χ1v) is 5.73. The maximum Gasteiger partial charge on any atom is 0.116 e. The van der Waals surface area contributed by atoms with Gasteiger partial charge >= 0.3 is 0 Å². The molecule has 3 heteroatoms. The van der Waals surface area contributed by atoms with Gasteiger partial charge in [-0.15, -0.1) is 0 Å². The first-order chi connectivity index (χ1) is 7.72. The zero-order valence-electron chi connectivity index (χ0n) is 9.80. The van der Waals surface area contributed by atoms with E-state index in [2.05, 4.69) is 24.1 Å². The number of hydrogen-bond acceptors (Lipinski definition) is 2. The molecule has 0 aliphatic carbocycles. The lowest BCUT2D eigenvalue weighted by molar-refractivity contribution is 0.476. The number of rotatable bonds is 4. The van der Waals surface area contributed by atoms with E-state index in [0.717, 1.165) is 30.4 Å². The van der Waals surface area contributed by atoms with Gasteiger partial charge in [-0.2, -0.15) is 0 Å². The number of fused-ring (bicyclic) bond motifs is 1. The highest BCUT2D eigenvalue weighted by molar-refractivity contribution is 5.85. The van der Waals surface area contributed by atoms with Crippen LogP contribution in [0.15, 0.2) is 18.2 Å². The van der Waals surface area contributed by atoms with Gasteiger partial charge in [-0.25, -0.2) is 0 Å². The standard InChI is InChI=1S/C13H18N2O/c1-3-6-14-8-12-9(2)15-13-5-4-10(16)7-11(12)13/h4-5,7,14-16H,3,6,8H2,1-2H3. The van der Waals surface area contributed by atoms with Crippen molar-refractivity contribution in [3.63, 3.8) is 0 Å². The number of H-pyrrole nitrogens is 1. The normalized spacial score (nSPS) is 11.1. The second-order valence-corrected chi connectivity index (χ2v) is 4.14. The summed E-state index contributed by atoms with van der Waals surface area (Å²) in [6, 6.07) is 5.45. The highest BCUT2D eigenvalue weighted by atomic mass is 16.3. The summed E-state index contributed by atoms with van der Waals surface area (Å²) in [4.78, 5) is 3.33. The molecule has 0 saturated heterocycles. The van der Waals surface area contributed by atoms with Crippen molar-refractivity contribution in [3.05, 3.63) is 29.5 Å². The van der Waals surface area contributed by atoms with Crippen LogP contribution in [-0.4, -0.2) is 16.6 Å². The summed E-state index contributed by atoms with van der Waals surface area (Å²) < 4.78 is 0. The zero-order valence-corrected chi connectivity index (χ0v) is 9.80. The SMILES string of the molecule is CCCNCc1c(C)[nH]c2ccc(O)cc12. The van der Waals surface area contributed by atoms with Gasteiger partial charge in [0.25, 0.3) is 0 Å². The van der Waals surface area contributed by atoms with E-state index in [1.165, 1.54) is 11.3 Å². The molecule has 0 aliphatic rings. The minimum atomic E-state index is 0.322. The summed E-state index contributed by atoms with van der Waals surface area (Å²) in [6.45, 7) is 6.09. The van der Waals surface area contributed by atoms with Gasteiger partial charge in [0.05, 0.1) is 0 Å². The van der Waals surface area contributed by atoms with Crippen molar-refractivity contribution in [2.75, 3.05) is 6.54 Å². The van der Waals surface area contributed by atoms with Crippen LogP contribution in [0.1, 0.15) is 24.6 Å². The molecule has 0 aliphatic heterocycles. The Hall–Kier alpha value is -1.48. The monoisotopic (exact) mass is 218 g/mol. The van der Waals surface area contributed by atoms with E-state index in [1.54, 1.807) is 6.07 Å². The number of aryl methyl sites for hydroxylation is 1. The van der Waals surface area contributed by atoms with Crippen LogP contribution in [-0.2, 0) is 6.54 Å². The lowest BCUT2D eigenvalue weighted by Crippen LogP contribution is -2.14. The van der Waals surface area contributed by atoms with Crippen LogP contribution in [0.4, 0.5) is 0 Å². The van der Waals surface area contributed by atoms with E-state index in [4.69, 9.17) is 0 Å². The zero-order chi connectivity index (χ0) is 11.5. The molecule has 0 radical (unpaired) electrons. The molecule has 16 heavy (non-hydrogen) atoms. The molecule has 3 N–H and O–H groups in total. The van der Waals surface area contributed by atoms with Gasteiger partial charge in [0.1, 0.15) is 5.75 Å². The summed E-state index contributed by atoms with van der Waals surface area (Å²) in [7, 11) is 0. The van der Waals surface area contributed by atoms with Gasteiger partial charge in [-0.05, 0) is 43.7 Å². The Morgan fingerprint density at radius 1 is 1.38 bits per heavy atom. The first-order valence-electron chi connectivity index (χ1n) is 5.73. The molecule has 0 fully saturated rings. The number of phenolic OH excluding ortho intramolecular Hbond substituents is 1. The Morgan fingerprint density at radius 2 is 2.19 bits per heavy atom. The Labute approximate surface area is 95.5 Å². The highest BCUT2D eigenvalue weighted by Crippen LogP contribution is 2.25. The number of aromatic hydroxyl groups is 1. The third-order valence-electron chi connectivity index (χ3n) is 2.83. The predicted octanol–water partition coefficient (Wildman–Crippen LogP) is 2.68. The molecule has 0 amide bonds. The Bertz CT molecular complexity index is 488. The Balaban J connectivity index is 2.34. The quantitative estimate of drug-likeness (QED) is 0.691. The number of phenols is 1. The molecule has 86 valence electrons. The summed E-state index contributed by atoms with van der Waals surface area (Å²) in [6.07, 6.45) is 1.13. The average Bonchev–Trinajstić information content (AvgIpc) is 2.56. The van der Waals surface area contributed by atoms with E-state index in [0.29, 0.717) is 5.75 Å². The number of nitrogens with one attached hydrogen (secondary N) is 2. The molecule has 3 nitrogen and oxygen atoms in total. The van der Waals surface area contributed by atoms with E-state index >= 15 is 0 Å². The van der Waals surface area contributed by atoms with Crippen molar-refractivity contribution in [1.29, 1.82) is 0 Å². The van der Waals surface area contributed by atoms with Gasteiger partial charge in [0.15, 0.2) is 0 Å². The Morgan fingerprint density at radius 3 is 2.94 bits per heavy atom. The van der Waals surface area contributed by atoms with E-state index in [1.807, 2.05) is 12.1 Å². The summed E-state index contributed by atoms with van der Waals surface area (Å²) in [5.41, 5.74) is 3.51. The maximum atomic E-state index is 9.50. The number of aromatic nitrogens is 1. The van der Waals surface area contributed by atoms with Crippen molar-refractivity contribution in [2.24, 2.45) is 0 Å². The molecule has 0 atom stereocenters. The van der Waals surface area contributed by atoms with Crippen LogP contribution in [0.2, 0.25) is 0 Å². The fourth-order valence-electron chi connectivity index (χ4n) is 1.99. The van der Waals surface area contributed by atoms with Crippen LogP contribution in [0, 0.1) is 6.92 Å². The molecule has 0 unspecified atom stereocenters. The minimum absolute atomic E-state index is 0.322. The molecule has 0 bridgehead atoms. The first kappa shape index (κ1) is 11.0. The van der Waals surface area contributed by atoms with Crippen molar-refractivity contribution in [2.45, 2.75) is 26.8 Å². The molecule has 2 rings (SSSR count). The molecule has 1 aromatic heterocycles. The smallest absolute Gasteiger partial charge is 0.116 e. The van der Waals surface area contributed by atoms with Gasteiger partial charge in [-0.3, -0.25) is 0 Å². The summed E-state index contributed by atoms with van der Waals surface area (Å²) in [5.74, 6) is 0.322. The van der Waals surface area contributed by atoms with E-state index < -0.39 is 0 Å². The molecular weight excluding hydrogens is 200 g/mol. The summed E-state index contributed by atoms with van der Waals surface area (Å²) >= 11 is 0. The van der Waals surface area contributed by atoms with Crippen LogP contribution >= 0.6 is 0 Å². The lowest BCUT2D eigenvalue weighted by Gasteiger charge is -2.03. The van der Waals surface area contributed by atoms with Gasteiger partial charge in [0.2, 0.25) is 0 Å². The fourth-order valence-corrected chi connectivity index (χ4v) is 1.99. The topological polar surface area (TPSA) is 48.0 Å².